The molecule has 1 aromatic heterocycles. The maximum Gasteiger partial charge on any atom is 0.303 e. The number of benzene rings is 3. The SMILES string of the molecule is Cc1cnc(-c2ccc(-c3ccccc3)cc2)n1Cc1ccccc1OCCCCCC(=O)O. The fourth-order valence-electron chi connectivity index (χ4n) is 4.02. The molecule has 0 saturated heterocycles. The topological polar surface area (TPSA) is 64.4 Å². The van der Waals surface area contributed by atoms with Gasteiger partial charge in [0.1, 0.15) is 11.6 Å². The van der Waals surface area contributed by atoms with E-state index in [2.05, 4.69) is 66.1 Å². The first-order valence-electron chi connectivity index (χ1n) is 11.7. The fraction of sp³-hybridized carbons (Fsp3) is 0.241. The fourth-order valence-corrected chi connectivity index (χ4v) is 4.02. The summed E-state index contributed by atoms with van der Waals surface area (Å²) in [6.45, 7) is 3.31. The van der Waals surface area contributed by atoms with E-state index in [4.69, 9.17) is 14.8 Å². The molecule has 1 N–H and O–H groups in total. The molecule has 0 aliphatic heterocycles. The van der Waals surface area contributed by atoms with Crippen LogP contribution < -0.4 is 4.74 Å². The Morgan fingerprint density at radius 3 is 2.29 bits per heavy atom. The lowest BCUT2D eigenvalue weighted by Crippen LogP contribution is -2.07. The lowest BCUT2D eigenvalue weighted by molar-refractivity contribution is -0.137. The summed E-state index contributed by atoms with van der Waals surface area (Å²) in [5.41, 5.74) is 5.63. The molecule has 4 rings (SSSR count). The summed E-state index contributed by atoms with van der Waals surface area (Å²) in [6.07, 6.45) is 4.49. The highest BCUT2D eigenvalue weighted by atomic mass is 16.5. The molecule has 3 aromatic carbocycles. The number of carboxylic acids is 1. The van der Waals surface area contributed by atoms with Gasteiger partial charge in [-0.15, -0.1) is 0 Å². The first-order chi connectivity index (χ1) is 16.6. The predicted molar refractivity (Wildman–Crippen MR) is 135 cm³/mol. The molecule has 0 unspecified atom stereocenters. The Bertz CT molecular complexity index is 1210. The zero-order valence-corrected chi connectivity index (χ0v) is 19.5. The van der Waals surface area contributed by atoms with Crippen LogP contribution in [0.3, 0.4) is 0 Å². The molecule has 1 heterocycles. The number of imidazole rings is 1. The summed E-state index contributed by atoms with van der Waals surface area (Å²) in [5.74, 6) is 1.05. The van der Waals surface area contributed by atoms with Crippen molar-refractivity contribution in [2.75, 3.05) is 6.61 Å². The number of aryl methyl sites for hydroxylation is 1. The van der Waals surface area contributed by atoms with Gasteiger partial charge in [-0.2, -0.15) is 0 Å². The van der Waals surface area contributed by atoms with Gasteiger partial charge in [0.15, 0.2) is 0 Å². The average molecular weight is 455 g/mol. The van der Waals surface area contributed by atoms with Gasteiger partial charge >= 0.3 is 5.97 Å². The summed E-state index contributed by atoms with van der Waals surface area (Å²) >= 11 is 0. The van der Waals surface area contributed by atoms with Crippen LogP contribution in [-0.4, -0.2) is 27.2 Å². The number of carboxylic acid groups (broad SMARTS) is 1. The Morgan fingerprint density at radius 2 is 1.53 bits per heavy atom. The Balaban J connectivity index is 1.47. The van der Waals surface area contributed by atoms with Gasteiger partial charge in [-0.25, -0.2) is 4.98 Å². The van der Waals surface area contributed by atoms with Gasteiger partial charge in [-0.1, -0.05) is 72.8 Å². The second kappa shape index (κ2) is 11.3. The standard InChI is InChI=1S/C29H30N2O3/c1-22-20-30-29(25-17-15-24(16-18-25)23-10-4-2-5-11-23)31(22)21-26-12-7-8-13-27(26)34-19-9-3-6-14-28(32)33/h2,4-5,7-8,10-13,15-18,20H,3,6,9,14,19,21H2,1H3,(H,32,33). The van der Waals surface area contributed by atoms with E-state index < -0.39 is 5.97 Å². The summed E-state index contributed by atoms with van der Waals surface area (Å²) in [7, 11) is 0. The van der Waals surface area contributed by atoms with Crippen molar-refractivity contribution in [1.82, 2.24) is 9.55 Å². The third-order valence-corrected chi connectivity index (χ3v) is 5.90. The lowest BCUT2D eigenvalue weighted by Gasteiger charge is -2.15. The van der Waals surface area contributed by atoms with E-state index in [1.165, 1.54) is 11.1 Å². The van der Waals surface area contributed by atoms with E-state index in [1.54, 1.807) is 0 Å². The van der Waals surface area contributed by atoms with E-state index in [9.17, 15) is 4.79 Å². The molecule has 0 bridgehead atoms. The van der Waals surface area contributed by atoms with Gasteiger partial charge in [0.2, 0.25) is 0 Å². The van der Waals surface area contributed by atoms with Gasteiger partial charge in [0.25, 0.3) is 0 Å². The van der Waals surface area contributed by atoms with Gasteiger partial charge in [0.05, 0.1) is 13.2 Å². The van der Waals surface area contributed by atoms with Gasteiger partial charge < -0.3 is 14.4 Å². The zero-order chi connectivity index (χ0) is 23.8. The van der Waals surface area contributed by atoms with Crippen molar-refractivity contribution in [1.29, 1.82) is 0 Å². The van der Waals surface area contributed by atoms with Gasteiger partial charge in [-0.3, -0.25) is 4.79 Å². The average Bonchev–Trinajstić information content (AvgIpc) is 3.22. The molecule has 0 atom stereocenters. The van der Waals surface area contributed by atoms with E-state index in [0.29, 0.717) is 19.6 Å². The zero-order valence-electron chi connectivity index (χ0n) is 19.5. The molecule has 0 amide bonds. The number of ether oxygens (including phenoxy) is 1. The van der Waals surface area contributed by atoms with Crippen LogP contribution in [0.15, 0.2) is 85.1 Å². The molecular weight excluding hydrogens is 424 g/mol. The Labute approximate surface area is 200 Å². The van der Waals surface area contributed by atoms with Crippen LogP contribution in [0.1, 0.15) is 36.9 Å². The predicted octanol–water partition coefficient (Wildman–Crippen LogP) is 6.60. The summed E-state index contributed by atoms with van der Waals surface area (Å²) in [6, 6.07) is 27.0. The van der Waals surface area contributed by atoms with Crippen molar-refractivity contribution in [2.24, 2.45) is 0 Å². The number of unbranched alkanes of at least 4 members (excludes halogenated alkanes) is 2. The van der Waals surface area contributed by atoms with E-state index in [0.717, 1.165) is 41.2 Å². The Hall–Kier alpha value is -3.86. The Kier molecular flexibility index (Phi) is 7.76. The number of para-hydroxylation sites is 1. The van der Waals surface area contributed by atoms with Crippen molar-refractivity contribution >= 4 is 5.97 Å². The minimum absolute atomic E-state index is 0.214. The largest absolute Gasteiger partial charge is 0.493 e. The third kappa shape index (κ3) is 5.93. The molecule has 0 radical (unpaired) electrons. The summed E-state index contributed by atoms with van der Waals surface area (Å²) in [5, 5.41) is 8.76. The highest BCUT2D eigenvalue weighted by molar-refractivity contribution is 5.68. The van der Waals surface area contributed by atoms with Crippen LogP contribution in [0.2, 0.25) is 0 Å². The van der Waals surface area contributed by atoms with Crippen LogP contribution in [0.4, 0.5) is 0 Å². The number of aliphatic carboxylic acids is 1. The van der Waals surface area contributed by atoms with Crippen LogP contribution in [0.25, 0.3) is 22.5 Å². The van der Waals surface area contributed by atoms with Crippen LogP contribution in [0.5, 0.6) is 5.75 Å². The number of hydrogen-bond donors (Lipinski definition) is 1. The molecular formula is C29H30N2O3. The van der Waals surface area contributed by atoms with Crippen molar-refractivity contribution in [3.63, 3.8) is 0 Å². The van der Waals surface area contributed by atoms with E-state index >= 15 is 0 Å². The first-order valence-corrected chi connectivity index (χ1v) is 11.7. The number of aromatic nitrogens is 2. The van der Waals surface area contributed by atoms with Crippen molar-refractivity contribution < 1.29 is 14.6 Å². The molecule has 4 aromatic rings. The molecule has 174 valence electrons. The quantitative estimate of drug-likeness (QED) is 0.259. The van der Waals surface area contributed by atoms with Gasteiger partial charge in [0, 0.05) is 29.4 Å². The number of rotatable bonds is 11. The molecule has 0 saturated carbocycles. The molecule has 0 aliphatic carbocycles. The van der Waals surface area contributed by atoms with Crippen molar-refractivity contribution in [3.05, 3.63) is 96.3 Å². The minimum Gasteiger partial charge on any atom is -0.493 e. The minimum atomic E-state index is -0.743. The molecule has 0 fully saturated rings. The van der Waals surface area contributed by atoms with Gasteiger partial charge in [-0.05, 0) is 43.4 Å². The highest BCUT2D eigenvalue weighted by Gasteiger charge is 2.13. The maximum atomic E-state index is 10.6. The summed E-state index contributed by atoms with van der Waals surface area (Å²) < 4.78 is 8.28. The molecule has 0 aliphatic rings. The molecule has 5 heteroatoms. The lowest BCUT2D eigenvalue weighted by atomic mass is 10.0. The second-order valence-corrected chi connectivity index (χ2v) is 8.41. The van der Waals surface area contributed by atoms with E-state index in [1.807, 2.05) is 30.5 Å². The molecule has 34 heavy (non-hydrogen) atoms. The van der Waals surface area contributed by atoms with Crippen LogP contribution in [0, 0.1) is 6.92 Å². The first kappa shape index (κ1) is 23.3. The number of hydrogen-bond acceptors (Lipinski definition) is 3. The Morgan fingerprint density at radius 1 is 0.853 bits per heavy atom. The normalized spacial score (nSPS) is 10.9. The summed E-state index contributed by atoms with van der Waals surface area (Å²) in [4.78, 5) is 15.3. The van der Waals surface area contributed by atoms with Crippen LogP contribution >= 0.6 is 0 Å². The van der Waals surface area contributed by atoms with E-state index in [-0.39, 0.29) is 6.42 Å². The highest BCUT2D eigenvalue weighted by Crippen LogP contribution is 2.27. The van der Waals surface area contributed by atoms with Crippen molar-refractivity contribution in [3.8, 4) is 28.3 Å². The smallest absolute Gasteiger partial charge is 0.303 e. The molecule has 0 spiro atoms. The van der Waals surface area contributed by atoms with Crippen LogP contribution in [-0.2, 0) is 11.3 Å². The number of carbonyl (C=O) groups is 1. The third-order valence-electron chi connectivity index (χ3n) is 5.90. The van der Waals surface area contributed by atoms with Crippen molar-refractivity contribution in [2.45, 2.75) is 39.2 Å². The monoisotopic (exact) mass is 454 g/mol. The second-order valence-electron chi connectivity index (χ2n) is 8.41. The molecule has 5 nitrogen and oxygen atoms in total. The number of nitrogens with zero attached hydrogens (tertiary/aromatic N) is 2. The maximum absolute atomic E-state index is 10.6.